The maximum atomic E-state index is 13.0. The number of pyridine rings is 1. The first kappa shape index (κ1) is 17.2. The second-order valence-electron chi connectivity index (χ2n) is 8.35. The minimum atomic E-state index is -0.469. The van der Waals surface area contributed by atoms with Crippen LogP contribution in [0, 0.1) is 25.7 Å². The lowest BCUT2D eigenvalue weighted by Crippen LogP contribution is -2.61. The Labute approximate surface area is 164 Å². The van der Waals surface area contributed by atoms with E-state index in [-0.39, 0.29) is 17.7 Å². The van der Waals surface area contributed by atoms with Gasteiger partial charge >= 0.3 is 0 Å². The molecule has 1 saturated heterocycles. The van der Waals surface area contributed by atoms with Crippen LogP contribution in [0.2, 0.25) is 0 Å². The molecule has 2 N–H and O–H groups in total. The van der Waals surface area contributed by atoms with E-state index in [4.69, 9.17) is 0 Å². The molecule has 5 rings (SSSR count). The third-order valence-corrected chi connectivity index (χ3v) is 6.62. The van der Waals surface area contributed by atoms with E-state index in [1.54, 1.807) is 12.3 Å². The standard InChI is InChI=1S/C22H24N4O2/c1-13-5-6-19-17(10-13)20(27)25-22(24-19)8-7-15-11-26(12-18(15)22)21(28)16-4-3-9-23-14(16)2/h3-6,9-10,15,18,24H,7-8,11-12H2,1-2H3,(H,25,27)/t15-,18+,22?/m0/s1. The zero-order valence-corrected chi connectivity index (χ0v) is 16.2. The van der Waals surface area contributed by atoms with Crippen molar-refractivity contribution in [2.75, 3.05) is 18.4 Å². The minimum absolute atomic E-state index is 0.0222. The fourth-order valence-electron chi connectivity index (χ4n) is 5.17. The van der Waals surface area contributed by atoms with Crippen LogP contribution in [0.25, 0.3) is 0 Å². The van der Waals surface area contributed by atoms with E-state index in [1.807, 2.05) is 43.0 Å². The average Bonchev–Trinajstić information content (AvgIpc) is 3.24. The van der Waals surface area contributed by atoms with E-state index < -0.39 is 5.66 Å². The molecule has 3 atom stereocenters. The van der Waals surface area contributed by atoms with Crippen LogP contribution in [0.3, 0.4) is 0 Å². The summed E-state index contributed by atoms with van der Waals surface area (Å²) >= 11 is 0. The first-order valence-electron chi connectivity index (χ1n) is 9.89. The van der Waals surface area contributed by atoms with Crippen molar-refractivity contribution in [1.82, 2.24) is 15.2 Å². The fourth-order valence-corrected chi connectivity index (χ4v) is 5.17. The molecule has 2 aromatic rings. The summed E-state index contributed by atoms with van der Waals surface area (Å²) < 4.78 is 0. The van der Waals surface area contributed by atoms with Gasteiger partial charge in [-0.2, -0.15) is 0 Å². The number of carbonyl (C=O) groups is 2. The van der Waals surface area contributed by atoms with Gasteiger partial charge in [0.15, 0.2) is 0 Å². The Hall–Kier alpha value is -2.89. The molecule has 1 saturated carbocycles. The van der Waals surface area contributed by atoms with Gasteiger partial charge in [-0.05, 0) is 56.9 Å². The van der Waals surface area contributed by atoms with Crippen LogP contribution in [-0.2, 0) is 0 Å². The number of carbonyl (C=O) groups excluding carboxylic acids is 2. The predicted molar refractivity (Wildman–Crippen MR) is 106 cm³/mol. The van der Waals surface area contributed by atoms with Crippen molar-refractivity contribution < 1.29 is 9.59 Å². The number of aryl methyl sites for hydroxylation is 2. The number of aromatic nitrogens is 1. The van der Waals surface area contributed by atoms with Gasteiger partial charge in [0, 0.05) is 36.6 Å². The van der Waals surface area contributed by atoms with Gasteiger partial charge in [-0.25, -0.2) is 0 Å². The molecule has 2 amide bonds. The van der Waals surface area contributed by atoms with Crippen LogP contribution in [0.1, 0.15) is 44.8 Å². The molecule has 1 aromatic heterocycles. The third kappa shape index (κ3) is 2.51. The zero-order chi connectivity index (χ0) is 19.5. The Morgan fingerprint density at radius 2 is 2.07 bits per heavy atom. The monoisotopic (exact) mass is 376 g/mol. The first-order valence-corrected chi connectivity index (χ1v) is 9.89. The molecule has 0 radical (unpaired) electrons. The number of nitrogens with zero attached hydrogens (tertiary/aromatic N) is 2. The van der Waals surface area contributed by atoms with Crippen molar-refractivity contribution in [2.45, 2.75) is 32.4 Å². The highest BCUT2D eigenvalue weighted by Crippen LogP contribution is 2.47. The maximum Gasteiger partial charge on any atom is 0.255 e. The maximum absolute atomic E-state index is 13.0. The van der Waals surface area contributed by atoms with Crippen molar-refractivity contribution in [1.29, 1.82) is 0 Å². The third-order valence-electron chi connectivity index (χ3n) is 6.62. The number of likely N-dealkylation sites (tertiary alicyclic amines) is 1. The molecule has 1 spiro atoms. The highest BCUT2D eigenvalue weighted by atomic mass is 16.2. The van der Waals surface area contributed by atoms with Gasteiger partial charge in [0.2, 0.25) is 0 Å². The SMILES string of the molecule is Cc1ccc2c(c1)C(=O)NC1(CC[C@H]3CN(C(=O)c4cccnc4C)C[C@H]31)N2. The smallest absolute Gasteiger partial charge is 0.255 e. The van der Waals surface area contributed by atoms with Crippen molar-refractivity contribution >= 4 is 17.5 Å². The number of rotatable bonds is 1. The molecule has 6 nitrogen and oxygen atoms in total. The molecule has 0 bridgehead atoms. The topological polar surface area (TPSA) is 74.3 Å². The Morgan fingerprint density at radius 1 is 1.21 bits per heavy atom. The average molecular weight is 376 g/mol. The Balaban J connectivity index is 1.42. The highest BCUT2D eigenvalue weighted by Gasteiger charge is 2.55. The normalized spacial score (nSPS) is 27.9. The van der Waals surface area contributed by atoms with E-state index in [9.17, 15) is 9.59 Å². The molecule has 1 aliphatic carbocycles. The van der Waals surface area contributed by atoms with Crippen LogP contribution in [0.15, 0.2) is 36.5 Å². The molecule has 1 unspecified atom stereocenters. The van der Waals surface area contributed by atoms with Gasteiger partial charge in [0.1, 0.15) is 5.66 Å². The molecule has 2 fully saturated rings. The summed E-state index contributed by atoms with van der Waals surface area (Å²) in [5.74, 6) is 0.604. The number of hydrogen-bond donors (Lipinski definition) is 2. The number of anilines is 1. The van der Waals surface area contributed by atoms with Crippen LogP contribution >= 0.6 is 0 Å². The van der Waals surface area contributed by atoms with Gasteiger partial charge in [-0.3, -0.25) is 14.6 Å². The summed E-state index contributed by atoms with van der Waals surface area (Å²) in [6.45, 7) is 5.24. The van der Waals surface area contributed by atoms with E-state index >= 15 is 0 Å². The van der Waals surface area contributed by atoms with E-state index in [0.29, 0.717) is 23.6 Å². The summed E-state index contributed by atoms with van der Waals surface area (Å²) in [4.78, 5) is 32.1. The second-order valence-corrected chi connectivity index (χ2v) is 8.35. The summed E-state index contributed by atoms with van der Waals surface area (Å²) in [5.41, 5.74) is 3.61. The van der Waals surface area contributed by atoms with E-state index in [0.717, 1.165) is 36.3 Å². The summed E-state index contributed by atoms with van der Waals surface area (Å²) in [5, 5.41) is 6.89. The molecule has 28 heavy (non-hydrogen) atoms. The Morgan fingerprint density at radius 3 is 2.89 bits per heavy atom. The molecular weight excluding hydrogens is 352 g/mol. The van der Waals surface area contributed by atoms with Crippen molar-refractivity contribution in [3.05, 3.63) is 58.9 Å². The Kier molecular flexibility index (Phi) is 3.73. The zero-order valence-electron chi connectivity index (χ0n) is 16.2. The van der Waals surface area contributed by atoms with Crippen LogP contribution in [-0.4, -0.2) is 40.5 Å². The number of nitrogens with one attached hydrogen (secondary N) is 2. The molecule has 1 aromatic carbocycles. The quantitative estimate of drug-likeness (QED) is 0.803. The van der Waals surface area contributed by atoms with E-state index in [1.165, 1.54) is 0 Å². The van der Waals surface area contributed by atoms with Crippen LogP contribution in [0.5, 0.6) is 0 Å². The lowest BCUT2D eigenvalue weighted by Gasteiger charge is -2.42. The van der Waals surface area contributed by atoms with Gasteiger partial charge < -0.3 is 15.5 Å². The van der Waals surface area contributed by atoms with Gasteiger partial charge in [-0.15, -0.1) is 0 Å². The minimum Gasteiger partial charge on any atom is -0.362 e. The van der Waals surface area contributed by atoms with Crippen molar-refractivity contribution in [2.24, 2.45) is 11.8 Å². The van der Waals surface area contributed by atoms with Crippen molar-refractivity contribution in [3.8, 4) is 0 Å². The molecule has 2 aliphatic heterocycles. The highest BCUT2D eigenvalue weighted by molar-refractivity contribution is 6.02. The van der Waals surface area contributed by atoms with E-state index in [2.05, 4.69) is 15.6 Å². The number of fused-ring (bicyclic) bond motifs is 3. The number of amides is 2. The van der Waals surface area contributed by atoms with Gasteiger partial charge in [-0.1, -0.05) is 11.6 Å². The second kappa shape index (κ2) is 6.06. The van der Waals surface area contributed by atoms with Gasteiger partial charge in [0.25, 0.3) is 11.8 Å². The van der Waals surface area contributed by atoms with Crippen molar-refractivity contribution in [3.63, 3.8) is 0 Å². The number of benzene rings is 1. The molecule has 3 aliphatic rings. The largest absolute Gasteiger partial charge is 0.362 e. The summed E-state index contributed by atoms with van der Waals surface area (Å²) in [6.07, 6.45) is 3.59. The summed E-state index contributed by atoms with van der Waals surface area (Å²) in [6, 6.07) is 9.59. The summed E-state index contributed by atoms with van der Waals surface area (Å²) in [7, 11) is 0. The lowest BCUT2D eigenvalue weighted by atomic mass is 9.89. The van der Waals surface area contributed by atoms with Gasteiger partial charge in [0.05, 0.1) is 11.1 Å². The number of hydrogen-bond acceptors (Lipinski definition) is 4. The lowest BCUT2D eigenvalue weighted by molar-refractivity contribution is 0.0766. The fraction of sp³-hybridized carbons (Fsp3) is 0.409. The molecule has 6 heteroatoms. The first-order chi connectivity index (χ1) is 13.5. The van der Waals surface area contributed by atoms with Crippen LogP contribution < -0.4 is 10.6 Å². The Bertz CT molecular complexity index is 988. The molecule has 144 valence electrons. The molecule has 3 heterocycles. The molecular formula is C22H24N4O2. The predicted octanol–water partition coefficient (Wildman–Crippen LogP) is 2.73. The van der Waals surface area contributed by atoms with Crippen LogP contribution in [0.4, 0.5) is 5.69 Å².